The van der Waals surface area contributed by atoms with E-state index in [1.807, 2.05) is 24.3 Å². The fraction of sp³-hybridized carbons (Fsp3) is 0.350. The van der Waals surface area contributed by atoms with Crippen LogP contribution in [-0.2, 0) is 14.6 Å². The quantitative estimate of drug-likeness (QED) is 0.716. The molecule has 1 aliphatic rings. The lowest BCUT2D eigenvalue weighted by atomic mass is 10.2. The molecule has 28 heavy (non-hydrogen) atoms. The zero-order valence-electron chi connectivity index (χ0n) is 15.7. The summed E-state index contributed by atoms with van der Waals surface area (Å²) < 4.78 is 30.2. The maximum absolute atomic E-state index is 12.5. The number of amides is 1. The van der Waals surface area contributed by atoms with Crippen LogP contribution >= 0.6 is 11.6 Å². The number of carbonyl (C=O) groups is 1. The SMILES string of the molecule is COc1ccccc1N1CCN(C(=O)CCS(=O)(=O)c2ccc(Cl)cc2)CC1. The zero-order valence-corrected chi connectivity index (χ0v) is 17.2. The van der Waals surface area contributed by atoms with Gasteiger partial charge < -0.3 is 14.5 Å². The van der Waals surface area contributed by atoms with Crippen LogP contribution in [0.1, 0.15) is 6.42 Å². The average Bonchev–Trinajstić information content (AvgIpc) is 2.72. The Morgan fingerprint density at radius 1 is 1.04 bits per heavy atom. The van der Waals surface area contributed by atoms with Crippen LogP contribution in [0, 0.1) is 0 Å². The Kier molecular flexibility index (Phi) is 6.46. The molecular weight excluding hydrogens is 400 g/mol. The topological polar surface area (TPSA) is 66.9 Å². The Bertz CT molecular complexity index is 923. The number of benzene rings is 2. The minimum Gasteiger partial charge on any atom is -0.495 e. The molecule has 0 unspecified atom stereocenters. The number of halogens is 1. The van der Waals surface area contributed by atoms with Crippen LogP contribution in [-0.4, -0.2) is 58.3 Å². The number of ether oxygens (including phenoxy) is 1. The largest absolute Gasteiger partial charge is 0.495 e. The van der Waals surface area contributed by atoms with Gasteiger partial charge in [-0.3, -0.25) is 4.79 Å². The molecule has 1 saturated heterocycles. The van der Waals surface area contributed by atoms with Crippen LogP contribution in [0.2, 0.25) is 5.02 Å². The number of carbonyl (C=O) groups excluding carboxylic acids is 1. The van der Waals surface area contributed by atoms with E-state index in [9.17, 15) is 13.2 Å². The zero-order chi connectivity index (χ0) is 20.1. The van der Waals surface area contributed by atoms with E-state index in [1.54, 1.807) is 12.0 Å². The molecule has 0 spiro atoms. The number of piperazine rings is 1. The summed E-state index contributed by atoms with van der Waals surface area (Å²) in [7, 11) is -1.87. The third kappa shape index (κ3) is 4.77. The van der Waals surface area contributed by atoms with E-state index in [0.29, 0.717) is 31.2 Å². The van der Waals surface area contributed by atoms with Crippen LogP contribution in [0.5, 0.6) is 5.75 Å². The van der Waals surface area contributed by atoms with Crippen molar-refractivity contribution in [3.05, 3.63) is 53.6 Å². The summed E-state index contributed by atoms with van der Waals surface area (Å²) in [5, 5.41) is 0.475. The lowest BCUT2D eigenvalue weighted by molar-refractivity contribution is -0.131. The number of rotatable bonds is 6. The van der Waals surface area contributed by atoms with Crippen molar-refractivity contribution in [2.75, 3.05) is 43.9 Å². The Morgan fingerprint density at radius 3 is 2.32 bits per heavy atom. The summed E-state index contributed by atoms with van der Waals surface area (Å²) in [4.78, 5) is 16.6. The van der Waals surface area contributed by atoms with E-state index in [1.165, 1.54) is 24.3 Å². The fourth-order valence-electron chi connectivity index (χ4n) is 3.23. The molecule has 0 aromatic heterocycles. The van der Waals surface area contributed by atoms with Gasteiger partial charge in [-0.15, -0.1) is 0 Å². The van der Waals surface area contributed by atoms with Gasteiger partial charge in [-0.05, 0) is 36.4 Å². The first-order chi connectivity index (χ1) is 13.4. The highest BCUT2D eigenvalue weighted by Crippen LogP contribution is 2.28. The number of nitrogens with zero attached hydrogens (tertiary/aromatic N) is 2. The van der Waals surface area contributed by atoms with Crippen LogP contribution in [0.25, 0.3) is 0 Å². The molecule has 1 heterocycles. The molecule has 0 radical (unpaired) electrons. The van der Waals surface area contributed by atoms with Crippen molar-refractivity contribution in [3.63, 3.8) is 0 Å². The first kappa shape index (κ1) is 20.5. The molecule has 2 aromatic carbocycles. The van der Waals surface area contributed by atoms with Crippen LogP contribution in [0.15, 0.2) is 53.4 Å². The maximum atomic E-state index is 12.5. The molecule has 1 amide bonds. The van der Waals surface area contributed by atoms with E-state index >= 15 is 0 Å². The van der Waals surface area contributed by atoms with Crippen molar-refractivity contribution in [1.82, 2.24) is 4.90 Å². The summed E-state index contributed by atoms with van der Waals surface area (Å²) in [5.74, 6) is 0.453. The first-order valence-electron chi connectivity index (χ1n) is 9.05. The Morgan fingerprint density at radius 2 is 1.68 bits per heavy atom. The number of anilines is 1. The lowest BCUT2D eigenvalue weighted by Gasteiger charge is -2.36. The predicted octanol–water partition coefficient (Wildman–Crippen LogP) is 2.86. The predicted molar refractivity (Wildman–Crippen MR) is 110 cm³/mol. The van der Waals surface area contributed by atoms with E-state index < -0.39 is 9.84 Å². The van der Waals surface area contributed by atoms with Crippen molar-refractivity contribution in [2.24, 2.45) is 0 Å². The third-order valence-corrected chi connectivity index (χ3v) is 6.80. The Labute approximate surface area is 170 Å². The molecule has 0 aliphatic carbocycles. The Balaban J connectivity index is 1.55. The van der Waals surface area contributed by atoms with Crippen LogP contribution < -0.4 is 9.64 Å². The van der Waals surface area contributed by atoms with Crippen molar-refractivity contribution in [1.29, 1.82) is 0 Å². The molecular formula is C20H23ClN2O4S. The van der Waals surface area contributed by atoms with E-state index in [-0.39, 0.29) is 23.0 Å². The van der Waals surface area contributed by atoms with Gasteiger partial charge in [-0.1, -0.05) is 23.7 Å². The second kappa shape index (κ2) is 8.84. The number of hydrogen-bond acceptors (Lipinski definition) is 5. The molecule has 6 nitrogen and oxygen atoms in total. The average molecular weight is 423 g/mol. The molecule has 0 bridgehead atoms. The fourth-order valence-corrected chi connectivity index (χ4v) is 4.58. The van der Waals surface area contributed by atoms with Crippen molar-refractivity contribution < 1.29 is 17.9 Å². The van der Waals surface area contributed by atoms with Crippen molar-refractivity contribution >= 4 is 33.0 Å². The molecule has 8 heteroatoms. The minimum atomic E-state index is -3.51. The van der Waals surface area contributed by atoms with Gasteiger partial charge >= 0.3 is 0 Å². The van der Waals surface area contributed by atoms with Gasteiger partial charge in [0.2, 0.25) is 5.91 Å². The smallest absolute Gasteiger partial charge is 0.223 e. The molecule has 1 aliphatic heterocycles. The highest BCUT2D eigenvalue weighted by molar-refractivity contribution is 7.91. The van der Waals surface area contributed by atoms with Gasteiger partial charge in [0.05, 0.1) is 23.4 Å². The monoisotopic (exact) mass is 422 g/mol. The van der Waals surface area contributed by atoms with E-state index in [2.05, 4.69) is 4.90 Å². The molecule has 0 saturated carbocycles. The summed E-state index contributed by atoms with van der Waals surface area (Å²) >= 11 is 5.80. The van der Waals surface area contributed by atoms with Gasteiger partial charge in [-0.2, -0.15) is 0 Å². The molecule has 1 fully saturated rings. The summed E-state index contributed by atoms with van der Waals surface area (Å²) in [6, 6.07) is 13.8. The minimum absolute atomic E-state index is 0.0282. The highest BCUT2D eigenvalue weighted by Gasteiger charge is 2.24. The van der Waals surface area contributed by atoms with Crippen LogP contribution in [0.3, 0.4) is 0 Å². The van der Waals surface area contributed by atoms with Gasteiger partial charge in [0.25, 0.3) is 0 Å². The molecule has 150 valence electrons. The summed E-state index contributed by atoms with van der Waals surface area (Å²) in [6.07, 6.45) is -0.0282. The maximum Gasteiger partial charge on any atom is 0.223 e. The first-order valence-corrected chi connectivity index (χ1v) is 11.1. The summed E-state index contributed by atoms with van der Waals surface area (Å²) in [5.41, 5.74) is 1.00. The standard InChI is InChI=1S/C20H23ClN2O4S/c1-27-19-5-3-2-4-18(19)22-11-13-23(14-12-22)20(24)10-15-28(25,26)17-8-6-16(21)7-9-17/h2-9H,10-15H2,1H3. The van der Waals surface area contributed by atoms with Crippen molar-refractivity contribution in [2.45, 2.75) is 11.3 Å². The van der Waals surface area contributed by atoms with Gasteiger partial charge in [0.15, 0.2) is 9.84 Å². The molecule has 2 aromatic rings. The molecule has 0 atom stereocenters. The van der Waals surface area contributed by atoms with Gasteiger partial charge in [0.1, 0.15) is 5.75 Å². The van der Waals surface area contributed by atoms with E-state index in [0.717, 1.165) is 11.4 Å². The highest BCUT2D eigenvalue weighted by atomic mass is 35.5. The summed E-state index contributed by atoms with van der Waals surface area (Å²) in [6.45, 7) is 2.46. The number of hydrogen-bond donors (Lipinski definition) is 0. The second-order valence-electron chi connectivity index (χ2n) is 6.56. The number of methoxy groups -OCH3 is 1. The van der Waals surface area contributed by atoms with Gasteiger partial charge in [0, 0.05) is 37.6 Å². The second-order valence-corrected chi connectivity index (χ2v) is 9.11. The Hall–Kier alpha value is -2.25. The van der Waals surface area contributed by atoms with E-state index in [4.69, 9.17) is 16.3 Å². The van der Waals surface area contributed by atoms with Gasteiger partial charge in [-0.25, -0.2) is 8.42 Å². The van der Waals surface area contributed by atoms with Crippen LogP contribution in [0.4, 0.5) is 5.69 Å². The molecule has 0 N–H and O–H groups in total. The van der Waals surface area contributed by atoms with Crippen molar-refractivity contribution in [3.8, 4) is 5.75 Å². The number of para-hydroxylation sites is 2. The number of sulfone groups is 1. The molecule has 3 rings (SSSR count). The third-order valence-electron chi connectivity index (χ3n) is 4.82. The normalized spacial score (nSPS) is 14.8. The lowest BCUT2D eigenvalue weighted by Crippen LogP contribution is -2.49.